The first kappa shape index (κ1) is 23.5. The molecule has 3 aromatic rings. The fourth-order valence-corrected chi connectivity index (χ4v) is 4.43. The number of aryl methyl sites for hydroxylation is 3. The predicted octanol–water partition coefficient (Wildman–Crippen LogP) is 4.87. The number of hydrogen-bond donors (Lipinski definition) is 2. The van der Waals surface area contributed by atoms with Crippen molar-refractivity contribution in [3.05, 3.63) is 95.6 Å². The van der Waals surface area contributed by atoms with Crippen molar-refractivity contribution in [2.24, 2.45) is 0 Å². The third kappa shape index (κ3) is 7.24. The summed E-state index contributed by atoms with van der Waals surface area (Å²) in [4.78, 5) is 12.5. The molecule has 168 valence electrons. The maximum atomic E-state index is 12.6. The minimum atomic E-state index is -3.65. The number of amides is 1. The second-order valence-corrected chi connectivity index (χ2v) is 9.79. The molecule has 5 nitrogen and oxygen atoms in total. The first-order valence-corrected chi connectivity index (χ1v) is 12.3. The summed E-state index contributed by atoms with van der Waals surface area (Å²) >= 11 is 0. The van der Waals surface area contributed by atoms with Crippen LogP contribution in [-0.2, 0) is 27.7 Å². The van der Waals surface area contributed by atoms with E-state index in [0.717, 1.165) is 24.0 Å². The molecule has 0 saturated carbocycles. The highest BCUT2D eigenvalue weighted by atomic mass is 32.2. The van der Waals surface area contributed by atoms with Crippen LogP contribution in [0.2, 0.25) is 0 Å². The molecule has 0 aliphatic carbocycles. The van der Waals surface area contributed by atoms with Gasteiger partial charge in [-0.1, -0.05) is 60.2 Å². The third-order valence-electron chi connectivity index (χ3n) is 5.29. The molecule has 0 aliphatic rings. The smallest absolute Gasteiger partial charge is 0.261 e. The second-order valence-electron chi connectivity index (χ2n) is 8.11. The molecule has 3 aromatic carbocycles. The van der Waals surface area contributed by atoms with E-state index in [1.54, 1.807) is 36.4 Å². The summed E-state index contributed by atoms with van der Waals surface area (Å²) in [6.45, 7) is 3.96. The highest BCUT2D eigenvalue weighted by molar-refractivity contribution is 7.92. The Labute approximate surface area is 190 Å². The highest BCUT2D eigenvalue weighted by Gasteiger charge is 2.14. The maximum Gasteiger partial charge on any atom is 0.261 e. The lowest BCUT2D eigenvalue weighted by molar-refractivity contribution is -0.121. The zero-order chi connectivity index (χ0) is 23.0. The Morgan fingerprint density at radius 3 is 2.12 bits per heavy atom. The molecule has 3 rings (SSSR count). The molecule has 0 radical (unpaired) electrons. The Hall–Kier alpha value is -3.12. The van der Waals surface area contributed by atoms with E-state index in [0.29, 0.717) is 18.5 Å². The zero-order valence-corrected chi connectivity index (χ0v) is 19.4. The van der Waals surface area contributed by atoms with Crippen LogP contribution in [0.5, 0.6) is 0 Å². The van der Waals surface area contributed by atoms with Gasteiger partial charge in [-0.25, -0.2) is 8.42 Å². The van der Waals surface area contributed by atoms with Crippen molar-refractivity contribution in [1.82, 2.24) is 5.32 Å². The number of rotatable bonds is 10. The van der Waals surface area contributed by atoms with Gasteiger partial charge in [0, 0.05) is 18.2 Å². The summed E-state index contributed by atoms with van der Waals surface area (Å²) in [5.74, 6) is 0.00305. The van der Waals surface area contributed by atoms with Crippen molar-refractivity contribution >= 4 is 21.6 Å². The second kappa shape index (κ2) is 11.0. The number of anilines is 1. The number of carbonyl (C=O) groups excluding carboxylic acids is 1. The summed E-state index contributed by atoms with van der Waals surface area (Å²) < 4.78 is 27.7. The van der Waals surface area contributed by atoms with E-state index in [1.165, 1.54) is 5.56 Å². The normalized spacial score (nSPS) is 12.2. The molecule has 0 saturated heterocycles. The zero-order valence-electron chi connectivity index (χ0n) is 18.5. The Balaban J connectivity index is 1.46. The molecule has 0 spiro atoms. The lowest BCUT2D eigenvalue weighted by Crippen LogP contribution is -2.33. The summed E-state index contributed by atoms with van der Waals surface area (Å²) in [7, 11) is -3.65. The van der Waals surface area contributed by atoms with Crippen molar-refractivity contribution < 1.29 is 13.2 Å². The molecule has 0 aromatic heterocycles. The van der Waals surface area contributed by atoms with Gasteiger partial charge in [-0.2, -0.15) is 0 Å². The van der Waals surface area contributed by atoms with Crippen molar-refractivity contribution in [1.29, 1.82) is 0 Å². The summed E-state index contributed by atoms with van der Waals surface area (Å²) in [6.07, 6.45) is 2.73. The van der Waals surface area contributed by atoms with Gasteiger partial charge in [-0.05, 0) is 68.5 Å². The van der Waals surface area contributed by atoms with E-state index in [4.69, 9.17) is 0 Å². The minimum absolute atomic E-state index is 0.00305. The lowest BCUT2D eigenvalue weighted by Gasteiger charge is -2.14. The molecular formula is C26H30N2O3S. The molecule has 0 aliphatic heterocycles. The van der Waals surface area contributed by atoms with Crippen molar-refractivity contribution in [3.63, 3.8) is 0 Å². The minimum Gasteiger partial charge on any atom is -0.354 e. The highest BCUT2D eigenvalue weighted by Crippen LogP contribution is 2.17. The van der Waals surface area contributed by atoms with Gasteiger partial charge in [0.05, 0.1) is 4.90 Å². The molecular weight excluding hydrogens is 420 g/mol. The quantitative estimate of drug-likeness (QED) is 0.463. The molecule has 1 atom stereocenters. The standard InChI is InChI=1S/C26H30N2O3S/c1-20-8-15-24(16-9-20)28-32(30,31)25-17-12-23(13-18-25)14-19-26(29)27-21(2)10-11-22-6-4-3-5-7-22/h3-9,12-13,15-18,21,28H,10-11,14,19H2,1-2H3,(H,27,29)/t21-/m1/s1. The van der Waals surface area contributed by atoms with Crippen LogP contribution < -0.4 is 10.0 Å². The van der Waals surface area contributed by atoms with Gasteiger partial charge in [0.1, 0.15) is 0 Å². The molecule has 2 N–H and O–H groups in total. The van der Waals surface area contributed by atoms with Gasteiger partial charge in [0.15, 0.2) is 0 Å². The van der Waals surface area contributed by atoms with E-state index in [-0.39, 0.29) is 16.8 Å². The van der Waals surface area contributed by atoms with E-state index in [1.807, 2.05) is 44.2 Å². The van der Waals surface area contributed by atoms with Crippen LogP contribution in [0, 0.1) is 6.92 Å². The maximum absolute atomic E-state index is 12.6. The molecule has 0 heterocycles. The first-order chi connectivity index (χ1) is 15.3. The van der Waals surface area contributed by atoms with Gasteiger partial charge in [-0.15, -0.1) is 0 Å². The Kier molecular flexibility index (Phi) is 8.06. The fourth-order valence-electron chi connectivity index (χ4n) is 3.38. The Morgan fingerprint density at radius 2 is 1.47 bits per heavy atom. The van der Waals surface area contributed by atoms with Crippen LogP contribution in [-0.4, -0.2) is 20.4 Å². The van der Waals surface area contributed by atoms with Crippen LogP contribution in [0.4, 0.5) is 5.69 Å². The number of nitrogens with one attached hydrogen (secondary N) is 2. The van der Waals surface area contributed by atoms with Gasteiger partial charge < -0.3 is 5.32 Å². The molecule has 0 fully saturated rings. The van der Waals surface area contributed by atoms with E-state index < -0.39 is 10.0 Å². The number of sulfonamides is 1. The van der Waals surface area contributed by atoms with E-state index in [9.17, 15) is 13.2 Å². The monoisotopic (exact) mass is 450 g/mol. The average molecular weight is 451 g/mol. The number of hydrogen-bond acceptors (Lipinski definition) is 3. The van der Waals surface area contributed by atoms with Gasteiger partial charge in [0.2, 0.25) is 5.91 Å². The first-order valence-electron chi connectivity index (χ1n) is 10.8. The number of benzene rings is 3. The molecule has 32 heavy (non-hydrogen) atoms. The predicted molar refractivity (Wildman–Crippen MR) is 129 cm³/mol. The van der Waals surface area contributed by atoms with Crippen molar-refractivity contribution in [2.75, 3.05) is 4.72 Å². The van der Waals surface area contributed by atoms with Gasteiger partial charge in [-0.3, -0.25) is 9.52 Å². The van der Waals surface area contributed by atoms with Gasteiger partial charge >= 0.3 is 0 Å². The van der Waals surface area contributed by atoms with Crippen LogP contribution >= 0.6 is 0 Å². The molecule has 1 amide bonds. The van der Waals surface area contributed by atoms with Crippen molar-refractivity contribution in [2.45, 2.75) is 50.5 Å². The molecule has 0 bridgehead atoms. The SMILES string of the molecule is Cc1ccc(NS(=O)(=O)c2ccc(CCC(=O)N[C@H](C)CCc3ccccc3)cc2)cc1. The van der Waals surface area contributed by atoms with Gasteiger partial charge in [0.25, 0.3) is 10.0 Å². The summed E-state index contributed by atoms with van der Waals surface area (Å²) in [6, 6.07) is 24.2. The largest absolute Gasteiger partial charge is 0.354 e. The number of carbonyl (C=O) groups is 1. The van der Waals surface area contributed by atoms with Crippen LogP contribution in [0.15, 0.2) is 83.8 Å². The lowest BCUT2D eigenvalue weighted by atomic mass is 10.1. The third-order valence-corrected chi connectivity index (χ3v) is 6.69. The molecule has 0 unspecified atom stereocenters. The van der Waals surface area contributed by atoms with E-state index >= 15 is 0 Å². The molecule has 6 heteroatoms. The van der Waals surface area contributed by atoms with E-state index in [2.05, 4.69) is 22.2 Å². The topological polar surface area (TPSA) is 75.3 Å². The van der Waals surface area contributed by atoms with Crippen LogP contribution in [0.25, 0.3) is 0 Å². The Morgan fingerprint density at radius 1 is 0.844 bits per heavy atom. The van der Waals surface area contributed by atoms with Crippen molar-refractivity contribution in [3.8, 4) is 0 Å². The summed E-state index contributed by atoms with van der Waals surface area (Å²) in [5, 5.41) is 3.04. The average Bonchev–Trinajstić information content (AvgIpc) is 2.79. The van der Waals surface area contributed by atoms with Crippen LogP contribution in [0.1, 0.15) is 36.5 Å². The Bertz CT molecular complexity index is 1110. The van der Waals surface area contributed by atoms with Crippen LogP contribution in [0.3, 0.4) is 0 Å². The fraction of sp³-hybridized carbons (Fsp3) is 0.269. The summed E-state index contributed by atoms with van der Waals surface area (Å²) in [5.41, 5.74) is 3.77.